The summed E-state index contributed by atoms with van der Waals surface area (Å²) in [7, 11) is 0. The Bertz CT molecular complexity index is 1730. The van der Waals surface area contributed by atoms with Crippen LogP contribution in [0, 0.1) is 11.3 Å². The highest BCUT2D eigenvalue weighted by Crippen LogP contribution is 2.43. The van der Waals surface area contributed by atoms with Gasteiger partial charge in [-0.25, -0.2) is 4.79 Å². The highest BCUT2D eigenvalue weighted by molar-refractivity contribution is 6.35. The molecule has 0 saturated heterocycles. The average molecular weight is 642 g/mol. The molecule has 0 fully saturated rings. The topological polar surface area (TPSA) is 104 Å². The molecule has 1 atom stereocenters. The van der Waals surface area contributed by atoms with Gasteiger partial charge in [0.05, 0.1) is 10.9 Å². The number of fused-ring (bicyclic) bond motifs is 1. The molecule has 4 aromatic carbocycles. The Morgan fingerprint density at radius 1 is 0.857 bits per heavy atom. The molecule has 0 radical (unpaired) electrons. The van der Waals surface area contributed by atoms with Gasteiger partial charge in [0.25, 0.3) is 0 Å². The maximum Gasteiger partial charge on any atom is 0.349 e. The summed E-state index contributed by atoms with van der Waals surface area (Å²) in [6, 6.07) is 24.1. The number of allylic oxidation sites excluding steroid dienone is 1. The lowest BCUT2D eigenvalue weighted by Gasteiger charge is -2.26. The minimum Gasteiger partial charge on any atom is -0.489 e. The Morgan fingerprint density at radius 2 is 1.55 bits per heavy atom. The average Bonchev–Trinajstić information content (AvgIpc) is 2.96. The van der Waals surface area contributed by atoms with Gasteiger partial charge in [-0.05, 0) is 54.1 Å². The van der Waals surface area contributed by atoms with Crippen LogP contribution in [-0.4, -0.2) is 12.6 Å². The Labute approximate surface area is 261 Å². The van der Waals surface area contributed by atoms with Crippen LogP contribution >= 0.6 is 46.4 Å². The monoisotopic (exact) mass is 640 g/mol. The maximum absolute atomic E-state index is 12.4. The highest BCUT2D eigenvalue weighted by Gasteiger charge is 2.31. The second-order valence-corrected chi connectivity index (χ2v) is 10.7. The van der Waals surface area contributed by atoms with Gasteiger partial charge in [-0.15, -0.1) is 0 Å². The van der Waals surface area contributed by atoms with Crippen LogP contribution in [0.1, 0.15) is 22.6 Å². The van der Waals surface area contributed by atoms with Crippen LogP contribution in [0.25, 0.3) is 0 Å². The number of hydrogen-bond donors (Lipinski definition) is 1. The summed E-state index contributed by atoms with van der Waals surface area (Å²) in [4.78, 5) is 12.4. The predicted molar refractivity (Wildman–Crippen MR) is 161 cm³/mol. The molecule has 7 nitrogen and oxygen atoms in total. The summed E-state index contributed by atoms with van der Waals surface area (Å²) >= 11 is 24.2. The zero-order valence-electron chi connectivity index (χ0n) is 21.6. The molecule has 0 saturated carbocycles. The molecule has 1 heterocycles. The number of benzene rings is 4. The Kier molecular flexibility index (Phi) is 9.00. The van der Waals surface area contributed by atoms with Gasteiger partial charge < -0.3 is 24.7 Å². The van der Waals surface area contributed by atoms with E-state index in [-0.39, 0.29) is 35.4 Å². The first-order chi connectivity index (χ1) is 20.2. The second-order valence-electron chi connectivity index (χ2n) is 9.06. The van der Waals surface area contributed by atoms with Crippen molar-refractivity contribution < 1.29 is 23.7 Å². The van der Waals surface area contributed by atoms with Crippen LogP contribution in [0.15, 0.2) is 90.3 Å². The zero-order chi connectivity index (χ0) is 29.8. The van der Waals surface area contributed by atoms with E-state index in [1.807, 2.05) is 12.1 Å². The molecule has 0 bridgehead atoms. The van der Waals surface area contributed by atoms with Crippen LogP contribution in [-0.2, 0) is 11.4 Å². The van der Waals surface area contributed by atoms with E-state index in [9.17, 15) is 10.1 Å². The zero-order valence-corrected chi connectivity index (χ0v) is 24.6. The van der Waals surface area contributed by atoms with Crippen molar-refractivity contribution in [1.29, 1.82) is 5.26 Å². The molecule has 0 spiro atoms. The van der Waals surface area contributed by atoms with Crippen molar-refractivity contribution in [2.45, 2.75) is 12.5 Å². The highest BCUT2D eigenvalue weighted by atomic mass is 35.5. The van der Waals surface area contributed by atoms with E-state index in [4.69, 9.17) is 71.1 Å². The van der Waals surface area contributed by atoms with E-state index < -0.39 is 11.9 Å². The number of rotatable bonds is 8. The van der Waals surface area contributed by atoms with E-state index in [0.717, 1.165) is 11.1 Å². The van der Waals surface area contributed by atoms with Crippen molar-refractivity contribution in [2.75, 3.05) is 6.61 Å². The molecule has 2 N–H and O–H groups in total. The van der Waals surface area contributed by atoms with Crippen molar-refractivity contribution >= 4 is 52.4 Å². The Hall–Kier alpha value is -4.06. The fourth-order valence-electron chi connectivity index (χ4n) is 4.29. The molecule has 0 aromatic heterocycles. The summed E-state index contributed by atoms with van der Waals surface area (Å²) < 4.78 is 22.5. The standard InChI is InChI=1S/C31H20Cl4N2O5/c32-19-4-1-18(25(34)11-19)15-39-21-6-2-17(3-7-21)30-23-9-8-22(13-28(23)42-31(37)24(30)14-36)41-29(38)16-40-27-10-5-20(33)12-26(27)35/h1-13,30H,15-16,37H2. The molecule has 4 aromatic rings. The quantitative estimate of drug-likeness (QED) is 0.153. The SMILES string of the molecule is N#CC1=C(N)Oc2cc(OC(=O)COc3ccc(Cl)cc3Cl)ccc2C1c1ccc(OCc2ccc(Cl)cc2Cl)cc1. The minimum atomic E-state index is -0.662. The van der Waals surface area contributed by atoms with Gasteiger partial charge >= 0.3 is 5.97 Å². The fourth-order valence-corrected chi connectivity index (χ4v) is 5.21. The molecular formula is C31H20Cl4N2O5. The van der Waals surface area contributed by atoms with Gasteiger partial charge in [0, 0.05) is 32.3 Å². The first kappa shape index (κ1) is 29.4. The van der Waals surface area contributed by atoms with Gasteiger partial charge in [0.15, 0.2) is 6.61 Å². The third kappa shape index (κ3) is 6.70. The van der Waals surface area contributed by atoms with E-state index in [2.05, 4.69) is 6.07 Å². The van der Waals surface area contributed by atoms with Crippen LogP contribution in [0.2, 0.25) is 20.1 Å². The Balaban J connectivity index is 1.30. The largest absolute Gasteiger partial charge is 0.489 e. The summed E-state index contributed by atoms with van der Waals surface area (Å²) in [6.45, 7) is -0.133. The number of ether oxygens (including phenoxy) is 4. The number of hydrogen-bond acceptors (Lipinski definition) is 7. The predicted octanol–water partition coefficient (Wildman–Crippen LogP) is 8.08. The third-order valence-electron chi connectivity index (χ3n) is 6.28. The first-order valence-electron chi connectivity index (χ1n) is 12.4. The van der Waals surface area contributed by atoms with Crippen LogP contribution in [0.5, 0.6) is 23.0 Å². The van der Waals surface area contributed by atoms with Crippen molar-refractivity contribution in [3.63, 3.8) is 0 Å². The van der Waals surface area contributed by atoms with Crippen molar-refractivity contribution in [3.8, 4) is 29.1 Å². The van der Waals surface area contributed by atoms with Gasteiger partial charge in [-0.1, -0.05) is 70.7 Å². The van der Waals surface area contributed by atoms with Crippen molar-refractivity contribution in [3.05, 3.63) is 127 Å². The van der Waals surface area contributed by atoms with Crippen LogP contribution in [0.3, 0.4) is 0 Å². The molecule has 0 aliphatic carbocycles. The van der Waals surface area contributed by atoms with E-state index in [1.165, 1.54) is 12.1 Å². The van der Waals surface area contributed by atoms with Gasteiger partial charge in [0.2, 0.25) is 5.88 Å². The smallest absolute Gasteiger partial charge is 0.349 e. The molecule has 5 rings (SSSR count). The van der Waals surface area contributed by atoms with E-state index in [1.54, 1.807) is 54.6 Å². The van der Waals surface area contributed by atoms with Gasteiger partial charge in [-0.2, -0.15) is 5.26 Å². The van der Waals surface area contributed by atoms with Crippen molar-refractivity contribution in [2.24, 2.45) is 5.73 Å². The lowest BCUT2D eigenvalue weighted by molar-refractivity contribution is -0.136. The van der Waals surface area contributed by atoms with Crippen LogP contribution < -0.4 is 24.7 Å². The molecular weight excluding hydrogens is 622 g/mol. The number of carbonyl (C=O) groups excluding carboxylic acids is 1. The summed E-state index contributed by atoms with van der Waals surface area (Å²) in [5.74, 6) is 0.238. The number of nitriles is 1. The number of halogens is 4. The molecule has 42 heavy (non-hydrogen) atoms. The number of carbonyl (C=O) groups is 1. The maximum atomic E-state index is 12.4. The minimum absolute atomic E-state index is 0.0445. The lowest BCUT2D eigenvalue weighted by atomic mass is 9.83. The fraction of sp³-hybridized carbons (Fsp3) is 0.0968. The molecule has 11 heteroatoms. The second kappa shape index (κ2) is 12.8. The summed E-state index contributed by atoms with van der Waals surface area (Å²) in [5, 5.41) is 11.6. The lowest BCUT2D eigenvalue weighted by Crippen LogP contribution is -2.21. The molecule has 1 aliphatic rings. The summed E-state index contributed by atoms with van der Waals surface area (Å²) in [5.41, 5.74) is 8.63. The Morgan fingerprint density at radius 3 is 2.24 bits per heavy atom. The molecule has 1 aliphatic heterocycles. The number of nitrogens with zero attached hydrogens (tertiary/aromatic N) is 1. The first-order valence-corrected chi connectivity index (χ1v) is 13.9. The molecule has 1 unspecified atom stereocenters. The van der Waals surface area contributed by atoms with Crippen molar-refractivity contribution in [1.82, 2.24) is 0 Å². The number of esters is 1. The molecule has 212 valence electrons. The summed E-state index contributed by atoms with van der Waals surface area (Å²) in [6.07, 6.45) is 0. The van der Waals surface area contributed by atoms with Gasteiger partial charge in [-0.3, -0.25) is 0 Å². The third-order valence-corrected chi connectivity index (χ3v) is 7.40. The number of nitrogens with two attached hydrogens (primary N) is 1. The molecule has 0 amide bonds. The van der Waals surface area contributed by atoms with E-state index in [0.29, 0.717) is 37.9 Å². The van der Waals surface area contributed by atoms with E-state index >= 15 is 0 Å². The van der Waals surface area contributed by atoms with Gasteiger partial charge in [0.1, 0.15) is 41.2 Å². The van der Waals surface area contributed by atoms with Crippen LogP contribution in [0.4, 0.5) is 0 Å². The normalized spacial score (nSPS) is 13.9.